The molecule has 0 aliphatic rings. The second-order valence-electron chi connectivity index (χ2n) is 4.95. The molecule has 1 N–H and O–H groups in total. The zero-order chi connectivity index (χ0) is 16.1. The van der Waals surface area contributed by atoms with E-state index in [0.717, 1.165) is 11.6 Å². The van der Waals surface area contributed by atoms with E-state index in [0.29, 0.717) is 6.42 Å². The molecule has 0 bridgehead atoms. The van der Waals surface area contributed by atoms with Crippen molar-refractivity contribution in [3.63, 3.8) is 0 Å². The molecule has 0 aliphatic carbocycles. The molecule has 7 nitrogen and oxygen atoms in total. The summed E-state index contributed by atoms with van der Waals surface area (Å²) in [5, 5.41) is 24.8. The third kappa shape index (κ3) is 3.78. The van der Waals surface area contributed by atoms with Crippen LogP contribution in [0.1, 0.15) is 12.5 Å². The molecular weight excluding hydrogens is 286 g/mol. The van der Waals surface area contributed by atoms with Gasteiger partial charge in [-0.25, -0.2) is 0 Å². The number of anilines is 1. The first-order valence-electron chi connectivity index (χ1n) is 6.70. The van der Waals surface area contributed by atoms with Gasteiger partial charge >= 0.3 is 0 Å². The van der Waals surface area contributed by atoms with Gasteiger partial charge in [0.2, 0.25) is 0 Å². The summed E-state index contributed by atoms with van der Waals surface area (Å²) in [6, 6.07) is 13.3. The maximum absolute atomic E-state index is 11.1. The summed E-state index contributed by atoms with van der Waals surface area (Å²) < 4.78 is 0. The molecule has 22 heavy (non-hydrogen) atoms. The lowest BCUT2D eigenvalue weighted by Gasteiger charge is -2.15. The van der Waals surface area contributed by atoms with Crippen molar-refractivity contribution in [3.8, 4) is 0 Å². The minimum atomic E-state index is -0.649. The number of nitro benzene ring substituents is 2. The Morgan fingerprint density at radius 3 is 2.32 bits per heavy atom. The van der Waals surface area contributed by atoms with Gasteiger partial charge in [-0.2, -0.15) is 0 Å². The molecule has 0 heterocycles. The number of nitro groups is 2. The molecule has 114 valence electrons. The van der Waals surface area contributed by atoms with Gasteiger partial charge in [-0.15, -0.1) is 0 Å². The quantitative estimate of drug-likeness (QED) is 0.650. The standard InChI is InChI=1S/C15H15N3O4/c1-11(9-12-5-3-2-4-6-12)16-14-8-7-13(17(19)20)10-15(14)18(21)22/h2-8,10-11,16H,9H2,1H3. The number of nitrogens with one attached hydrogen (secondary N) is 1. The van der Waals surface area contributed by atoms with Crippen LogP contribution in [0, 0.1) is 20.2 Å². The van der Waals surface area contributed by atoms with E-state index in [-0.39, 0.29) is 23.1 Å². The fourth-order valence-electron chi connectivity index (χ4n) is 2.19. The van der Waals surface area contributed by atoms with Crippen molar-refractivity contribution in [3.05, 3.63) is 74.3 Å². The number of hydrogen-bond acceptors (Lipinski definition) is 5. The van der Waals surface area contributed by atoms with Crippen LogP contribution in [-0.2, 0) is 6.42 Å². The zero-order valence-electron chi connectivity index (χ0n) is 11.9. The van der Waals surface area contributed by atoms with Crippen LogP contribution < -0.4 is 5.32 Å². The lowest BCUT2D eigenvalue weighted by atomic mass is 10.1. The largest absolute Gasteiger partial charge is 0.377 e. The molecule has 0 amide bonds. The maximum Gasteiger partial charge on any atom is 0.299 e. The van der Waals surface area contributed by atoms with E-state index < -0.39 is 9.85 Å². The molecule has 0 saturated carbocycles. The molecule has 1 unspecified atom stereocenters. The Morgan fingerprint density at radius 1 is 1.05 bits per heavy atom. The van der Waals surface area contributed by atoms with Gasteiger partial charge in [0.05, 0.1) is 15.9 Å². The van der Waals surface area contributed by atoms with E-state index >= 15 is 0 Å². The molecule has 0 spiro atoms. The van der Waals surface area contributed by atoms with Crippen LogP contribution in [0.3, 0.4) is 0 Å². The van der Waals surface area contributed by atoms with Crippen LogP contribution in [0.15, 0.2) is 48.5 Å². The Bertz CT molecular complexity index is 688. The lowest BCUT2D eigenvalue weighted by molar-refractivity contribution is -0.393. The molecule has 0 aliphatic heterocycles. The molecule has 2 aromatic carbocycles. The molecule has 0 radical (unpaired) electrons. The summed E-state index contributed by atoms with van der Waals surface area (Å²) in [5.74, 6) is 0. The minimum absolute atomic E-state index is 0.0532. The molecule has 1 atom stereocenters. The van der Waals surface area contributed by atoms with Gasteiger partial charge in [-0.05, 0) is 25.0 Å². The van der Waals surface area contributed by atoms with Crippen molar-refractivity contribution in [2.24, 2.45) is 0 Å². The van der Waals surface area contributed by atoms with E-state index in [1.165, 1.54) is 12.1 Å². The monoisotopic (exact) mass is 301 g/mol. The van der Waals surface area contributed by atoms with Crippen molar-refractivity contribution >= 4 is 17.1 Å². The first-order valence-corrected chi connectivity index (χ1v) is 6.70. The van der Waals surface area contributed by atoms with Crippen molar-refractivity contribution in [1.82, 2.24) is 0 Å². The van der Waals surface area contributed by atoms with Crippen molar-refractivity contribution in [1.29, 1.82) is 0 Å². The summed E-state index contributed by atoms with van der Waals surface area (Å²) in [5.41, 5.74) is 0.785. The van der Waals surface area contributed by atoms with Gasteiger partial charge in [0.15, 0.2) is 0 Å². The summed E-state index contributed by atoms with van der Waals surface area (Å²) in [6.07, 6.45) is 0.689. The minimum Gasteiger partial charge on any atom is -0.377 e. The first kappa shape index (κ1) is 15.4. The average molecular weight is 301 g/mol. The highest BCUT2D eigenvalue weighted by Crippen LogP contribution is 2.29. The fraction of sp³-hybridized carbons (Fsp3) is 0.200. The van der Waals surface area contributed by atoms with Crippen LogP contribution in [-0.4, -0.2) is 15.9 Å². The Hall–Kier alpha value is -2.96. The van der Waals surface area contributed by atoms with E-state index in [9.17, 15) is 20.2 Å². The van der Waals surface area contributed by atoms with Crippen molar-refractivity contribution in [2.45, 2.75) is 19.4 Å². The normalized spacial score (nSPS) is 11.7. The summed E-state index contributed by atoms with van der Waals surface area (Å²) in [4.78, 5) is 20.5. The molecule has 0 saturated heterocycles. The third-order valence-electron chi connectivity index (χ3n) is 3.18. The lowest BCUT2D eigenvalue weighted by Crippen LogP contribution is -2.18. The topological polar surface area (TPSA) is 98.3 Å². The van der Waals surface area contributed by atoms with Gasteiger partial charge in [-0.1, -0.05) is 30.3 Å². The van der Waals surface area contributed by atoms with Crippen LogP contribution in [0.25, 0.3) is 0 Å². The SMILES string of the molecule is CC(Cc1ccccc1)Nc1ccc([N+](=O)[O-])cc1[N+](=O)[O-]. The molecule has 7 heteroatoms. The Labute approximate surface area is 126 Å². The van der Waals surface area contributed by atoms with E-state index in [1.54, 1.807) is 0 Å². The predicted molar refractivity (Wildman–Crippen MR) is 83.0 cm³/mol. The smallest absolute Gasteiger partial charge is 0.299 e. The Kier molecular flexibility index (Phi) is 4.67. The van der Waals surface area contributed by atoms with E-state index in [4.69, 9.17) is 0 Å². The number of hydrogen-bond donors (Lipinski definition) is 1. The molecule has 2 rings (SSSR count). The van der Waals surface area contributed by atoms with Gasteiger partial charge < -0.3 is 5.32 Å². The fourth-order valence-corrected chi connectivity index (χ4v) is 2.19. The molecule has 2 aromatic rings. The zero-order valence-corrected chi connectivity index (χ0v) is 11.9. The van der Waals surface area contributed by atoms with Gasteiger partial charge in [0.1, 0.15) is 5.69 Å². The van der Waals surface area contributed by atoms with Gasteiger partial charge in [0.25, 0.3) is 11.4 Å². The van der Waals surface area contributed by atoms with Crippen molar-refractivity contribution < 1.29 is 9.85 Å². The molecular formula is C15H15N3O4. The highest BCUT2D eigenvalue weighted by molar-refractivity contribution is 5.65. The Morgan fingerprint density at radius 2 is 1.73 bits per heavy atom. The average Bonchev–Trinajstić information content (AvgIpc) is 2.48. The summed E-state index contributed by atoms with van der Waals surface area (Å²) in [7, 11) is 0. The van der Waals surface area contributed by atoms with Crippen LogP contribution in [0.5, 0.6) is 0 Å². The van der Waals surface area contributed by atoms with Crippen molar-refractivity contribution in [2.75, 3.05) is 5.32 Å². The van der Waals surface area contributed by atoms with E-state index in [1.807, 2.05) is 37.3 Å². The van der Waals surface area contributed by atoms with Crippen LogP contribution in [0.2, 0.25) is 0 Å². The number of non-ortho nitro benzene ring substituents is 1. The second-order valence-corrected chi connectivity index (χ2v) is 4.95. The maximum atomic E-state index is 11.1. The molecule has 0 aromatic heterocycles. The third-order valence-corrected chi connectivity index (χ3v) is 3.18. The predicted octanol–water partition coefficient (Wildman–Crippen LogP) is 3.55. The Balaban J connectivity index is 2.18. The summed E-state index contributed by atoms with van der Waals surface area (Å²) in [6.45, 7) is 1.90. The highest BCUT2D eigenvalue weighted by atomic mass is 16.6. The number of rotatable bonds is 6. The molecule has 0 fully saturated rings. The van der Waals surface area contributed by atoms with E-state index in [2.05, 4.69) is 5.32 Å². The number of benzene rings is 2. The number of nitrogens with zero attached hydrogens (tertiary/aromatic N) is 2. The first-order chi connectivity index (χ1) is 10.5. The highest BCUT2D eigenvalue weighted by Gasteiger charge is 2.20. The van der Waals surface area contributed by atoms with Crippen LogP contribution in [0.4, 0.5) is 17.1 Å². The van der Waals surface area contributed by atoms with Gasteiger partial charge in [0, 0.05) is 12.1 Å². The van der Waals surface area contributed by atoms with Gasteiger partial charge in [-0.3, -0.25) is 20.2 Å². The second kappa shape index (κ2) is 6.66. The van der Waals surface area contributed by atoms with Crippen LogP contribution >= 0.6 is 0 Å². The summed E-state index contributed by atoms with van der Waals surface area (Å²) >= 11 is 0.